The van der Waals surface area contributed by atoms with E-state index in [1.807, 2.05) is 44.3 Å². The number of carbonyl (C=O) groups is 2. The molecular weight excluding hydrogens is 358 g/mol. The van der Waals surface area contributed by atoms with E-state index >= 15 is 0 Å². The molecule has 2 aromatic heterocycles. The van der Waals surface area contributed by atoms with Gasteiger partial charge in [-0.05, 0) is 17.5 Å². The topological polar surface area (TPSA) is 140 Å². The predicted octanol–water partition coefficient (Wildman–Crippen LogP) is 2.03. The summed E-state index contributed by atoms with van der Waals surface area (Å²) in [4.78, 5) is 31.8. The van der Waals surface area contributed by atoms with E-state index in [4.69, 9.17) is 15.9 Å². The number of aromatic amines is 1. The number of aromatic nitrogens is 2. The number of oxazole rings is 1. The Kier molecular flexibility index (Phi) is 5.79. The van der Waals surface area contributed by atoms with Crippen molar-refractivity contribution in [1.82, 2.24) is 15.3 Å². The highest BCUT2D eigenvalue weighted by Crippen LogP contribution is 2.22. The molecule has 0 bridgehead atoms. The number of para-hydroxylation sites is 1. The zero-order valence-corrected chi connectivity index (χ0v) is 15.9. The minimum Gasteiger partial charge on any atom is -0.446 e. The third-order valence-corrected chi connectivity index (χ3v) is 5.04. The first kappa shape index (κ1) is 19.6. The highest BCUT2D eigenvalue weighted by molar-refractivity contribution is 5.96. The Morgan fingerprint density at radius 1 is 1.32 bits per heavy atom. The number of hydrogen-bond acceptors (Lipinski definition) is 5. The van der Waals surface area contributed by atoms with Gasteiger partial charge in [-0.2, -0.15) is 0 Å². The SMILES string of the molecule is CCC(C)C(N)c1nc(C(=O)NC(Cc2c[nH]c3ccccc23)C(N)=O)co1. The minimum absolute atomic E-state index is 0.0685. The van der Waals surface area contributed by atoms with E-state index in [0.29, 0.717) is 5.89 Å². The number of carbonyl (C=O) groups excluding carboxylic acids is 2. The lowest BCUT2D eigenvalue weighted by Crippen LogP contribution is -2.46. The number of nitrogens with one attached hydrogen (secondary N) is 2. The summed E-state index contributed by atoms with van der Waals surface area (Å²) in [5, 5.41) is 3.62. The molecule has 0 spiro atoms. The van der Waals surface area contributed by atoms with E-state index in [9.17, 15) is 9.59 Å². The van der Waals surface area contributed by atoms with Crippen molar-refractivity contribution in [3.05, 3.63) is 53.9 Å². The summed E-state index contributed by atoms with van der Waals surface area (Å²) in [5.74, 6) is -0.699. The lowest BCUT2D eigenvalue weighted by atomic mass is 10.0. The van der Waals surface area contributed by atoms with Crippen LogP contribution in [0.1, 0.15) is 48.3 Å². The van der Waals surface area contributed by atoms with Gasteiger partial charge in [0, 0.05) is 23.5 Å². The number of hydrogen-bond donors (Lipinski definition) is 4. The summed E-state index contributed by atoms with van der Waals surface area (Å²) in [5.41, 5.74) is 13.5. The molecule has 0 aliphatic carbocycles. The average molecular weight is 383 g/mol. The van der Waals surface area contributed by atoms with Gasteiger partial charge in [0.05, 0.1) is 6.04 Å². The van der Waals surface area contributed by atoms with Gasteiger partial charge in [-0.1, -0.05) is 38.5 Å². The maximum Gasteiger partial charge on any atom is 0.273 e. The second-order valence-corrected chi connectivity index (χ2v) is 6.97. The number of fused-ring (bicyclic) bond motifs is 1. The van der Waals surface area contributed by atoms with Crippen LogP contribution in [-0.2, 0) is 11.2 Å². The predicted molar refractivity (Wildman–Crippen MR) is 105 cm³/mol. The summed E-state index contributed by atoms with van der Waals surface area (Å²) in [7, 11) is 0. The molecule has 0 saturated carbocycles. The minimum atomic E-state index is -0.880. The number of primary amides is 1. The van der Waals surface area contributed by atoms with Crippen LogP contribution >= 0.6 is 0 Å². The lowest BCUT2D eigenvalue weighted by Gasteiger charge is -2.15. The molecule has 148 valence electrons. The third kappa shape index (κ3) is 4.07. The fourth-order valence-corrected chi connectivity index (χ4v) is 3.02. The standard InChI is InChI=1S/C20H25N5O3/c1-3-11(2)17(21)20-25-16(10-28-20)19(27)24-15(18(22)26)8-12-9-23-14-7-5-4-6-13(12)14/h4-7,9-11,15,17,23H,3,8,21H2,1-2H3,(H2,22,26)(H,24,27). The molecule has 0 saturated heterocycles. The van der Waals surface area contributed by atoms with Crippen molar-refractivity contribution in [3.8, 4) is 0 Å². The zero-order valence-electron chi connectivity index (χ0n) is 15.9. The molecule has 2 amide bonds. The second-order valence-electron chi connectivity index (χ2n) is 6.97. The van der Waals surface area contributed by atoms with Crippen LogP contribution in [0.4, 0.5) is 0 Å². The van der Waals surface area contributed by atoms with Crippen LogP contribution in [0.15, 0.2) is 41.1 Å². The Morgan fingerprint density at radius 3 is 2.79 bits per heavy atom. The number of nitrogens with zero attached hydrogens (tertiary/aromatic N) is 1. The Balaban J connectivity index is 1.73. The van der Waals surface area contributed by atoms with E-state index in [2.05, 4.69) is 15.3 Å². The normalized spacial score (nSPS) is 14.5. The van der Waals surface area contributed by atoms with Crippen molar-refractivity contribution in [1.29, 1.82) is 0 Å². The summed E-state index contributed by atoms with van der Waals surface area (Å²) in [6, 6.07) is 6.44. The molecule has 8 heteroatoms. The Bertz CT molecular complexity index is 977. The van der Waals surface area contributed by atoms with Gasteiger partial charge in [-0.25, -0.2) is 4.98 Å². The van der Waals surface area contributed by atoms with Gasteiger partial charge in [-0.15, -0.1) is 0 Å². The zero-order chi connectivity index (χ0) is 20.3. The number of amides is 2. The third-order valence-electron chi connectivity index (χ3n) is 5.04. The molecule has 0 aliphatic heterocycles. The van der Waals surface area contributed by atoms with Gasteiger partial charge in [0.2, 0.25) is 11.8 Å². The molecule has 8 nitrogen and oxygen atoms in total. The summed E-state index contributed by atoms with van der Waals surface area (Å²) in [6.07, 6.45) is 4.18. The van der Waals surface area contributed by atoms with Crippen LogP contribution in [0.5, 0.6) is 0 Å². The maximum atomic E-state index is 12.5. The van der Waals surface area contributed by atoms with Gasteiger partial charge in [0.1, 0.15) is 12.3 Å². The van der Waals surface area contributed by atoms with Gasteiger partial charge >= 0.3 is 0 Å². The van der Waals surface area contributed by atoms with Gasteiger partial charge < -0.3 is 26.2 Å². The van der Waals surface area contributed by atoms with Gasteiger partial charge in [-0.3, -0.25) is 9.59 Å². The summed E-state index contributed by atoms with van der Waals surface area (Å²) < 4.78 is 5.36. The van der Waals surface area contributed by atoms with E-state index in [0.717, 1.165) is 22.9 Å². The van der Waals surface area contributed by atoms with Crippen molar-refractivity contribution in [2.45, 2.75) is 38.8 Å². The Morgan fingerprint density at radius 2 is 2.07 bits per heavy atom. The molecule has 0 radical (unpaired) electrons. The van der Waals surface area contributed by atoms with Crippen LogP contribution in [0, 0.1) is 5.92 Å². The molecule has 0 aliphatic rings. The van der Waals surface area contributed by atoms with E-state index in [1.54, 1.807) is 0 Å². The molecule has 3 unspecified atom stereocenters. The molecule has 3 atom stereocenters. The van der Waals surface area contributed by atoms with Gasteiger partial charge in [0.15, 0.2) is 5.69 Å². The van der Waals surface area contributed by atoms with Gasteiger partial charge in [0.25, 0.3) is 5.91 Å². The van der Waals surface area contributed by atoms with Crippen molar-refractivity contribution in [2.75, 3.05) is 0 Å². The molecule has 3 aromatic rings. The quantitative estimate of drug-likeness (QED) is 0.471. The highest BCUT2D eigenvalue weighted by atomic mass is 16.3. The monoisotopic (exact) mass is 383 g/mol. The fourth-order valence-electron chi connectivity index (χ4n) is 3.02. The van der Waals surface area contributed by atoms with E-state index in [1.165, 1.54) is 6.26 Å². The number of H-pyrrole nitrogens is 1. The van der Waals surface area contributed by atoms with Crippen molar-refractivity contribution >= 4 is 22.7 Å². The largest absolute Gasteiger partial charge is 0.446 e. The second kappa shape index (κ2) is 8.26. The average Bonchev–Trinajstić information content (AvgIpc) is 3.34. The first-order valence-corrected chi connectivity index (χ1v) is 9.26. The van der Waals surface area contributed by atoms with Crippen molar-refractivity contribution < 1.29 is 14.0 Å². The first-order chi connectivity index (χ1) is 13.4. The van der Waals surface area contributed by atoms with Crippen LogP contribution in [0.3, 0.4) is 0 Å². The molecule has 3 rings (SSSR count). The Labute approximate surface area is 162 Å². The molecule has 0 fully saturated rings. The Hall–Kier alpha value is -3.13. The molecule has 2 heterocycles. The lowest BCUT2D eigenvalue weighted by molar-refractivity contribution is -0.119. The highest BCUT2D eigenvalue weighted by Gasteiger charge is 2.25. The van der Waals surface area contributed by atoms with Crippen LogP contribution in [0.2, 0.25) is 0 Å². The maximum absolute atomic E-state index is 12.5. The smallest absolute Gasteiger partial charge is 0.273 e. The molecule has 1 aromatic carbocycles. The number of nitrogens with two attached hydrogens (primary N) is 2. The van der Waals surface area contributed by atoms with E-state index < -0.39 is 23.9 Å². The number of benzene rings is 1. The fraction of sp³-hybridized carbons (Fsp3) is 0.350. The van der Waals surface area contributed by atoms with Crippen LogP contribution in [0.25, 0.3) is 10.9 Å². The molecule has 28 heavy (non-hydrogen) atoms. The van der Waals surface area contributed by atoms with Crippen LogP contribution in [-0.4, -0.2) is 27.8 Å². The molecular formula is C20H25N5O3. The summed E-state index contributed by atoms with van der Waals surface area (Å²) in [6.45, 7) is 4.00. The van der Waals surface area contributed by atoms with Crippen molar-refractivity contribution in [3.63, 3.8) is 0 Å². The van der Waals surface area contributed by atoms with Crippen molar-refractivity contribution in [2.24, 2.45) is 17.4 Å². The first-order valence-electron chi connectivity index (χ1n) is 9.26. The number of rotatable bonds is 8. The van der Waals surface area contributed by atoms with Crippen LogP contribution < -0.4 is 16.8 Å². The van der Waals surface area contributed by atoms with E-state index in [-0.39, 0.29) is 18.0 Å². The molecule has 6 N–H and O–H groups in total. The summed E-state index contributed by atoms with van der Waals surface area (Å²) >= 11 is 0.